The minimum Gasteiger partial charge on any atom is -0.510 e. The zero-order valence-electron chi connectivity index (χ0n) is 8.60. The Labute approximate surface area is 84.8 Å². The SMILES string of the molecule is C=C(O)C(OC(C)C)c1ccccc1. The summed E-state index contributed by atoms with van der Waals surface area (Å²) in [4.78, 5) is 0. The van der Waals surface area contributed by atoms with E-state index in [1.165, 1.54) is 0 Å². The Morgan fingerprint density at radius 2 is 1.86 bits per heavy atom. The van der Waals surface area contributed by atoms with Gasteiger partial charge in [0.05, 0.1) is 6.10 Å². The first-order chi connectivity index (χ1) is 6.61. The molecular formula is C12H16O2. The molecule has 0 aliphatic carbocycles. The molecule has 1 atom stereocenters. The number of hydrogen-bond donors (Lipinski definition) is 1. The summed E-state index contributed by atoms with van der Waals surface area (Å²) < 4.78 is 5.55. The molecule has 0 spiro atoms. The summed E-state index contributed by atoms with van der Waals surface area (Å²) in [5, 5.41) is 9.40. The van der Waals surface area contributed by atoms with Crippen molar-refractivity contribution in [2.45, 2.75) is 26.1 Å². The minimum atomic E-state index is -0.420. The smallest absolute Gasteiger partial charge is 0.139 e. The third kappa shape index (κ3) is 2.89. The van der Waals surface area contributed by atoms with Crippen LogP contribution >= 0.6 is 0 Å². The summed E-state index contributed by atoms with van der Waals surface area (Å²) in [5.41, 5.74) is 0.925. The maximum atomic E-state index is 9.40. The third-order valence-electron chi connectivity index (χ3n) is 1.81. The highest BCUT2D eigenvalue weighted by atomic mass is 16.5. The number of rotatable bonds is 4. The summed E-state index contributed by atoms with van der Waals surface area (Å²) in [6, 6.07) is 9.57. The molecule has 1 rings (SSSR count). The molecule has 1 aromatic rings. The normalized spacial score (nSPS) is 12.8. The molecule has 0 bridgehead atoms. The summed E-state index contributed by atoms with van der Waals surface area (Å²) in [7, 11) is 0. The lowest BCUT2D eigenvalue weighted by Gasteiger charge is -2.19. The van der Waals surface area contributed by atoms with Crippen LogP contribution in [0.1, 0.15) is 25.5 Å². The van der Waals surface area contributed by atoms with Crippen molar-refractivity contribution in [3.8, 4) is 0 Å². The van der Waals surface area contributed by atoms with Crippen LogP contribution in [0.5, 0.6) is 0 Å². The number of aliphatic hydroxyl groups excluding tert-OH is 1. The fourth-order valence-corrected chi connectivity index (χ4v) is 1.25. The van der Waals surface area contributed by atoms with E-state index in [0.29, 0.717) is 0 Å². The van der Waals surface area contributed by atoms with Crippen LogP contribution in [0.15, 0.2) is 42.7 Å². The van der Waals surface area contributed by atoms with Gasteiger partial charge in [-0.05, 0) is 19.4 Å². The summed E-state index contributed by atoms with van der Waals surface area (Å²) in [6.07, 6.45) is -0.361. The highest BCUT2D eigenvalue weighted by molar-refractivity contribution is 5.22. The molecule has 0 radical (unpaired) electrons. The van der Waals surface area contributed by atoms with Gasteiger partial charge in [0.25, 0.3) is 0 Å². The molecule has 0 fully saturated rings. The standard InChI is InChI=1S/C12H16O2/c1-9(2)14-12(10(3)13)11-7-5-4-6-8-11/h4-9,12-13H,3H2,1-2H3. The highest BCUT2D eigenvalue weighted by Gasteiger charge is 2.15. The van der Waals surface area contributed by atoms with Crippen LogP contribution in [0, 0.1) is 0 Å². The highest BCUT2D eigenvalue weighted by Crippen LogP contribution is 2.24. The Bertz CT molecular complexity index is 290. The quantitative estimate of drug-likeness (QED) is 0.742. The Kier molecular flexibility index (Phi) is 3.72. The second-order valence-corrected chi connectivity index (χ2v) is 3.47. The molecule has 0 aromatic heterocycles. The fourth-order valence-electron chi connectivity index (χ4n) is 1.25. The summed E-state index contributed by atoms with van der Waals surface area (Å²) in [5.74, 6) is 0.0462. The number of benzene rings is 1. The van der Waals surface area contributed by atoms with Crippen molar-refractivity contribution >= 4 is 0 Å². The Hall–Kier alpha value is -1.28. The Balaban J connectivity index is 2.84. The van der Waals surface area contributed by atoms with Crippen molar-refractivity contribution in [1.29, 1.82) is 0 Å². The van der Waals surface area contributed by atoms with Gasteiger partial charge in [0.1, 0.15) is 11.9 Å². The number of hydrogen-bond acceptors (Lipinski definition) is 2. The van der Waals surface area contributed by atoms with Gasteiger partial charge < -0.3 is 9.84 Å². The Morgan fingerprint density at radius 3 is 2.29 bits per heavy atom. The average Bonchev–Trinajstić information content (AvgIpc) is 2.15. The van der Waals surface area contributed by atoms with Crippen molar-refractivity contribution in [2.75, 3.05) is 0 Å². The molecule has 2 heteroatoms. The fraction of sp³-hybridized carbons (Fsp3) is 0.333. The molecule has 0 aliphatic rings. The number of ether oxygens (including phenoxy) is 1. The van der Waals surface area contributed by atoms with Gasteiger partial charge in [0.2, 0.25) is 0 Å². The van der Waals surface area contributed by atoms with Gasteiger partial charge in [-0.25, -0.2) is 0 Å². The molecular weight excluding hydrogens is 176 g/mol. The van der Waals surface area contributed by atoms with Crippen molar-refractivity contribution in [3.05, 3.63) is 48.2 Å². The summed E-state index contributed by atoms with van der Waals surface area (Å²) >= 11 is 0. The average molecular weight is 192 g/mol. The zero-order valence-corrected chi connectivity index (χ0v) is 8.60. The van der Waals surface area contributed by atoms with E-state index in [2.05, 4.69) is 6.58 Å². The van der Waals surface area contributed by atoms with Gasteiger partial charge in [-0.1, -0.05) is 36.9 Å². The zero-order chi connectivity index (χ0) is 10.6. The van der Waals surface area contributed by atoms with Crippen molar-refractivity contribution in [1.82, 2.24) is 0 Å². The first-order valence-electron chi connectivity index (χ1n) is 4.69. The molecule has 0 aliphatic heterocycles. The second kappa shape index (κ2) is 4.82. The van der Waals surface area contributed by atoms with Crippen LogP contribution in [0.4, 0.5) is 0 Å². The molecule has 14 heavy (non-hydrogen) atoms. The lowest BCUT2D eigenvalue weighted by Crippen LogP contribution is -2.12. The molecule has 1 N–H and O–H groups in total. The molecule has 0 amide bonds. The molecule has 1 unspecified atom stereocenters. The van der Waals surface area contributed by atoms with Gasteiger partial charge in [0.15, 0.2) is 0 Å². The van der Waals surface area contributed by atoms with E-state index in [0.717, 1.165) is 5.56 Å². The monoisotopic (exact) mass is 192 g/mol. The maximum Gasteiger partial charge on any atom is 0.139 e. The molecule has 0 heterocycles. The molecule has 0 saturated carbocycles. The van der Waals surface area contributed by atoms with E-state index >= 15 is 0 Å². The first-order valence-corrected chi connectivity index (χ1v) is 4.69. The predicted octanol–water partition coefficient (Wildman–Crippen LogP) is 3.22. The topological polar surface area (TPSA) is 29.5 Å². The molecule has 76 valence electrons. The van der Waals surface area contributed by atoms with Crippen molar-refractivity contribution < 1.29 is 9.84 Å². The number of aliphatic hydroxyl groups is 1. The van der Waals surface area contributed by atoms with E-state index in [1.54, 1.807) is 0 Å². The van der Waals surface area contributed by atoms with E-state index in [-0.39, 0.29) is 11.9 Å². The van der Waals surface area contributed by atoms with Crippen LogP contribution in [0.2, 0.25) is 0 Å². The van der Waals surface area contributed by atoms with Gasteiger partial charge in [-0.3, -0.25) is 0 Å². The van der Waals surface area contributed by atoms with E-state index in [1.807, 2.05) is 44.2 Å². The van der Waals surface area contributed by atoms with Crippen LogP contribution in [-0.4, -0.2) is 11.2 Å². The van der Waals surface area contributed by atoms with Crippen molar-refractivity contribution in [2.24, 2.45) is 0 Å². The van der Waals surface area contributed by atoms with Gasteiger partial charge in [-0.15, -0.1) is 0 Å². The third-order valence-corrected chi connectivity index (χ3v) is 1.81. The van der Waals surface area contributed by atoms with Crippen LogP contribution in [0.25, 0.3) is 0 Å². The molecule has 2 nitrogen and oxygen atoms in total. The van der Waals surface area contributed by atoms with Gasteiger partial charge in [0, 0.05) is 0 Å². The van der Waals surface area contributed by atoms with Gasteiger partial charge >= 0.3 is 0 Å². The van der Waals surface area contributed by atoms with Crippen LogP contribution in [-0.2, 0) is 4.74 Å². The largest absolute Gasteiger partial charge is 0.510 e. The van der Waals surface area contributed by atoms with E-state index in [9.17, 15) is 5.11 Å². The lowest BCUT2D eigenvalue weighted by molar-refractivity contribution is 0.00613. The van der Waals surface area contributed by atoms with Gasteiger partial charge in [-0.2, -0.15) is 0 Å². The van der Waals surface area contributed by atoms with Crippen LogP contribution < -0.4 is 0 Å². The minimum absolute atomic E-state index is 0.0462. The first kappa shape index (κ1) is 10.8. The Morgan fingerprint density at radius 1 is 1.29 bits per heavy atom. The van der Waals surface area contributed by atoms with E-state index in [4.69, 9.17) is 4.74 Å². The predicted molar refractivity (Wildman–Crippen MR) is 57.2 cm³/mol. The second-order valence-electron chi connectivity index (χ2n) is 3.47. The molecule has 1 aromatic carbocycles. The van der Waals surface area contributed by atoms with Crippen molar-refractivity contribution in [3.63, 3.8) is 0 Å². The van der Waals surface area contributed by atoms with Crippen LogP contribution in [0.3, 0.4) is 0 Å². The lowest BCUT2D eigenvalue weighted by atomic mass is 10.1. The maximum absolute atomic E-state index is 9.40. The van der Waals surface area contributed by atoms with E-state index < -0.39 is 6.10 Å². The summed E-state index contributed by atoms with van der Waals surface area (Å²) in [6.45, 7) is 7.37. The molecule has 0 saturated heterocycles.